The van der Waals surface area contributed by atoms with Crippen LogP contribution in [0.5, 0.6) is 5.75 Å². The molecule has 12 heteroatoms. The Bertz CT molecular complexity index is 1200. The Balaban J connectivity index is 1.81. The minimum Gasteiger partial charge on any atom is -0.447 e. The lowest BCUT2D eigenvalue weighted by Gasteiger charge is -2.28. The predicted molar refractivity (Wildman–Crippen MR) is 138 cm³/mol. The van der Waals surface area contributed by atoms with Gasteiger partial charge in [0.2, 0.25) is 10.0 Å². The summed E-state index contributed by atoms with van der Waals surface area (Å²) in [6, 6.07) is 4.45. The highest BCUT2D eigenvalue weighted by atomic mass is 32.2. The molecule has 2 aromatic rings. The second kappa shape index (κ2) is 11.1. The molecule has 0 bridgehead atoms. The summed E-state index contributed by atoms with van der Waals surface area (Å²) in [5.74, 6) is 0.250. The van der Waals surface area contributed by atoms with Gasteiger partial charge in [0.25, 0.3) is 0 Å². The molecule has 0 aliphatic heterocycles. The fraction of sp³-hybridized carbons (Fsp3) is 0.542. The van der Waals surface area contributed by atoms with Gasteiger partial charge in [0.1, 0.15) is 5.75 Å². The van der Waals surface area contributed by atoms with E-state index >= 15 is 0 Å². The number of carbonyl (C=O) groups is 2. The van der Waals surface area contributed by atoms with Crippen LogP contribution in [0, 0.1) is 0 Å². The van der Waals surface area contributed by atoms with Crippen molar-refractivity contribution in [1.82, 2.24) is 15.0 Å². The Morgan fingerprint density at radius 3 is 2.42 bits per heavy atom. The summed E-state index contributed by atoms with van der Waals surface area (Å²) in [4.78, 5) is 28.4. The van der Waals surface area contributed by atoms with Gasteiger partial charge in [0, 0.05) is 35.3 Å². The standard InChI is InChI=1S/C24H34N4O6S2/c1-14(2)33-23(30)27-16-8-6-15(7-9-16)21-26-13-19(35-21)18-11-10-17(34-22(25)29)12-20(18)36(31,32)28-24(3,4)5/h10-16,28H,6-9H2,1-5H3,(H2,25,29)(H,27,30)/t15-,16-. The molecular weight excluding hydrogens is 504 g/mol. The first-order valence-electron chi connectivity index (χ1n) is 11.8. The number of aromatic nitrogens is 1. The van der Waals surface area contributed by atoms with Crippen molar-refractivity contribution in [2.75, 3.05) is 0 Å². The minimum atomic E-state index is -3.95. The second-order valence-electron chi connectivity index (χ2n) is 10.1. The predicted octanol–water partition coefficient (Wildman–Crippen LogP) is 4.51. The first-order chi connectivity index (χ1) is 16.7. The summed E-state index contributed by atoms with van der Waals surface area (Å²) in [5, 5.41) is 3.83. The smallest absolute Gasteiger partial charge is 0.409 e. The van der Waals surface area contributed by atoms with Gasteiger partial charge in [-0.3, -0.25) is 0 Å². The van der Waals surface area contributed by atoms with Crippen LogP contribution in [0.1, 0.15) is 71.2 Å². The third-order valence-corrected chi connectivity index (χ3v) is 8.42. The van der Waals surface area contributed by atoms with E-state index in [0.717, 1.165) is 30.7 Å². The topological polar surface area (TPSA) is 150 Å². The van der Waals surface area contributed by atoms with E-state index in [2.05, 4.69) is 15.0 Å². The molecule has 1 saturated carbocycles. The van der Waals surface area contributed by atoms with Crippen molar-refractivity contribution >= 4 is 33.5 Å². The number of rotatable bonds is 7. The van der Waals surface area contributed by atoms with E-state index in [1.165, 1.54) is 23.5 Å². The van der Waals surface area contributed by atoms with Crippen molar-refractivity contribution in [3.05, 3.63) is 29.4 Å². The number of carbonyl (C=O) groups excluding carboxylic acids is 2. The van der Waals surface area contributed by atoms with Gasteiger partial charge in [-0.2, -0.15) is 0 Å². The third kappa shape index (κ3) is 7.65. The van der Waals surface area contributed by atoms with Gasteiger partial charge in [-0.1, -0.05) is 0 Å². The Morgan fingerprint density at radius 1 is 1.17 bits per heavy atom. The van der Waals surface area contributed by atoms with Crippen LogP contribution in [0.2, 0.25) is 0 Å². The molecule has 1 aliphatic carbocycles. The summed E-state index contributed by atoms with van der Waals surface area (Å²) in [7, 11) is -3.95. The van der Waals surface area contributed by atoms with Gasteiger partial charge in [-0.25, -0.2) is 27.7 Å². The number of nitrogens with one attached hydrogen (secondary N) is 2. The van der Waals surface area contributed by atoms with E-state index in [1.807, 2.05) is 13.8 Å². The number of sulfonamides is 1. The molecule has 3 rings (SSSR count). The molecular formula is C24H34N4O6S2. The average Bonchev–Trinajstić information content (AvgIpc) is 3.21. The Labute approximate surface area is 216 Å². The van der Waals surface area contributed by atoms with E-state index in [-0.39, 0.29) is 28.7 Å². The van der Waals surface area contributed by atoms with Gasteiger partial charge in [-0.15, -0.1) is 11.3 Å². The average molecular weight is 539 g/mol. The molecule has 4 N–H and O–H groups in total. The molecule has 0 atom stereocenters. The normalized spacial score (nSPS) is 18.6. The zero-order valence-electron chi connectivity index (χ0n) is 21.2. The quantitative estimate of drug-likeness (QED) is 0.469. The van der Waals surface area contributed by atoms with Crippen LogP contribution in [0.25, 0.3) is 10.4 Å². The van der Waals surface area contributed by atoms with Crippen molar-refractivity contribution in [2.45, 2.75) is 88.8 Å². The van der Waals surface area contributed by atoms with Crippen molar-refractivity contribution in [3.8, 4) is 16.2 Å². The number of amides is 2. The summed E-state index contributed by atoms with van der Waals surface area (Å²) in [5.41, 5.74) is 4.85. The maximum atomic E-state index is 13.2. The van der Waals surface area contributed by atoms with Crippen LogP contribution >= 0.6 is 11.3 Å². The highest BCUT2D eigenvalue weighted by Crippen LogP contribution is 2.40. The third-order valence-electron chi connectivity index (χ3n) is 5.43. The molecule has 1 fully saturated rings. The van der Waals surface area contributed by atoms with Crippen molar-refractivity contribution in [3.63, 3.8) is 0 Å². The number of hydrogen-bond donors (Lipinski definition) is 3. The number of nitrogens with zero attached hydrogens (tertiary/aromatic N) is 1. The molecule has 1 aromatic carbocycles. The lowest BCUT2D eigenvalue weighted by atomic mass is 9.86. The van der Waals surface area contributed by atoms with Gasteiger partial charge >= 0.3 is 12.2 Å². The number of primary amides is 1. The molecule has 198 valence electrons. The first kappa shape index (κ1) is 27.9. The Kier molecular flexibility index (Phi) is 8.63. The number of benzene rings is 1. The number of hydrogen-bond acceptors (Lipinski definition) is 8. The van der Waals surface area contributed by atoms with Crippen molar-refractivity contribution in [1.29, 1.82) is 0 Å². The zero-order valence-corrected chi connectivity index (χ0v) is 22.8. The monoisotopic (exact) mass is 538 g/mol. The maximum absolute atomic E-state index is 13.2. The van der Waals surface area contributed by atoms with Gasteiger partial charge in [0.15, 0.2) is 0 Å². The van der Waals surface area contributed by atoms with E-state index in [0.29, 0.717) is 10.4 Å². The van der Waals surface area contributed by atoms with E-state index in [4.69, 9.17) is 15.2 Å². The highest BCUT2D eigenvalue weighted by Gasteiger charge is 2.29. The van der Waals surface area contributed by atoms with Crippen LogP contribution in [0.15, 0.2) is 29.3 Å². The van der Waals surface area contributed by atoms with Crippen LogP contribution < -0.4 is 20.5 Å². The maximum Gasteiger partial charge on any atom is 0.409 e. The molecule has 0 radical (unpaired) electrons. The van der Waals surface area contributed by atoms with E-state index in [9.17, 15) is 18.0 Å². The lowest BCUT2D eigenvalue weighted by molar-refractivity contribution is 0.109. The Morgan fingerprint density at radius 2 is 1.83 bits per heavy atom. The van der Waals surface area contributed by atoms with Crippen molar-refractivity contribution < 1.29 is 27.5 Å². The second-order valence-corrected chi connectivity index (χ2v) is 12.9. The van der Waals surface area contributed by atoms with E-state index < -0.39 is 27.7 Å². The molecule has 36 heavy (non-hydrogen) atoms. The summed E-state index contributed by atoms with van der Waals surface area (Å²) in [6.07, 6.45) is 3.39. The van der Waals surface area contributed by atoms with E-state index in [1.54, 1.807) is 33.0 Å². The SMILES string of the molecule is CC(C)OC(=O)N[C@H]1CC[C@H](c2ncc(-c3ccc(OC(N)=O)cc3S(=O)(=O)NC(C)(C)C)s2)CC1. The molecule has 1 aromatic heterocycles. The first-order valence-corrected chi connectivity index (χ1v) is 14.1. The van der Waals surface area contributed by atoms with Crippen molar-refractivity contribution in [2.24, 2.45) is 5.73 Å². The summed E-state index contributed by atoms with van der Waals surface area (Å²) >= 11 is 1.44. The minimum absolute atomic E-state index is 0.0250. The molecule has 0 unspecified atom stereocenters. The zero-order chi connectivity index (χ0) is 26.7. The molecule has 1 heterocycles. The van der Waals surface area contributed by atoms with Gasteiger partial charge in [0.05, 0.1) is 20.9 Å². The molecule has 10 nitrogen and oxygen atoms in total. The highest BCUT2D eigenvalue weighted by molar-refractivity contribution is 7.89. The fourth-order valence-electron chi connectivity index (χ4n) is 4.07. The largest absolute Gasteiger partial charge is 0.447 e. The van der Waals surface area contributed by atoms with Gasteiger partial charge < -0.3 is 20.5 Å². The number of thiazole rings is 1. The van der Waals surface area contributed by atoms with Crippen LogP contribution in [0.3, 0.4) is 0 Å². The molecule has 0 spiro atoms. The van der Waals surface area contributed by atoms with Crippen LogP contribution in [0.4, 0.5) is 9.59 Å². The Hall–Kier alpha value is -2.70. The summed E-state index contributed by atoms with van der Waals surface area (Å²) in [6.45, 7) is 8.85. The number of nitrogens with two attached hydrogens (primary N) is 1. The summed E-state index contributed by atoms with van der Waals surface area (Å²) < 4.78 is 39.2. The fourth-order valence-corrected chi connectivity index (χ4v) is 6.91. The number of ether oxygens (including phenoxy) is 2. The van der Waals surface area contributed by atoms with Gasteiger partial charge in [-0.05, 0) is 72.4 Å². The molecule has 2 amide bonds. The molecule has 0 saturated heterocycles. The lowest BCUT2D eigenvalue weighted by Crippen LogP contribution is -2.40. The molecule has 1 aliphatic rings. The van der Waals surface area contributed by atoms with Crippen LogP contribution in [-0.2, 0) is 14.8 Å². The van der Waals surface area contributed by atoms with Crippen LogP contribution in [-0.4, -0.2) is 43.3 Å². The number of alkyl carbamates (subject to hydrolysis) is 1.